The number of hydrogen-bond acceptors (Lipinski definition) is 3. The van der Waals surface area contributed by atoms with Gasteiger partial charge < -0.3 is 10.4 Å². The Balaban J connectivity index is 2.27. The Bertz CT molecular complexity index is 638. The van der Waals surface area contributed by atoms with Crippen molar-refractivity contribution < 1.29 is 14.7 Å². The lowest BCUT2D eigenvalue weighted by Gasteiger charge is -2.08. The van der Waals surface area contributed by atoms with E-state index in [4.69, 9.17) is 5.11 Å². The van der Waals surface area contributed by atoms with Crippen molar-refractivity contribution in [3.05, 3.63) is 59.4 Å². The summed E-state index contributed by atoms with van der Waals surface area (Å²) in [5.41, 5.74) is 1.49. The molecule has 0 aliphatic heterocycles. The summed E-state index contributed by atoms with van der Waals surface area (Å²) in [7, 11) is 0. The Labute approximate surface area is 109 Å². The molecule has 2 rings (SSSR count). The lowest BCUT2D eigenvalue weighted by atomic mass is 10.1. The van der Waals surface area contributed by atoms with Crippen molar-refractivity contribution in [1.82, 2.24) is 4.98 Å². The van der Waals surface area contributed by atoms with Crippen molar-refractivity contribution in [3.63, 3.8) is 0 Å². The minimum absolute atomic E-state index is 0.0571. The molecule has 0 spiro atoms. The zero-order valence-corrected chi connectivity index (χ0v) is 10.3. The van der Waals surface area contributed by atoms with Crippen LogP contribution in [0.1, 0.15) is 26.4 Å². The Hall–Kier alpha value is -2.69. The number of aryl methyl sites for hydroxylation is 1. The second-order valence-electron chi connectivity index (χ2n) is 3.99. The lowest BCUT2D eigenvalue weighted by molar-refractivity contribution is 0.0698. The van der Waals surface area contributed by atoms with Gasteiger partial charge in [0.05, 0.1) is 11.3 Å². The molecule has 2 N–H and O–H groups in total. The highest BCUT2D eigenvalue weighted by Gasteiger charge is 2.12. The van der Waals surface area contributed by atoms with Crippen LogP contribution in [0, 0.1) is 6.92 Å². The summed E-state index contributed by atoms with van der Waals surface area (Å²) in [4.78, 5) is 27.0. The molecule has 1 heterocycles. The highest BCUT2D eigenvalue weighted by atomic mass is 16.4. The zero-order valence-electron chi connectivity index (χ0n) is 10.3. The normalized spacial score (nSPS) is 9.95. The third-order valence-corrected chi connectivity index (χ3v) is 2.56. The van der Waals surface area contributed by atoms with Crippen molar-refractivity contribution >= 4 is 17.6 Å². The van der Waals surface area contributed by atoms with Crippen molar-refractivity contribution in [1.29, 1.82) is 0 Å². The zero-order chi connectivity index (χ0) is 13.8. The molecule has 5 heteroatoms. The average Bonchev–Trinajstić information content (AvgIpc) is 2.39. The van der Waals surface area contributed by atoms with Crippen LogP contribution in [0.2, 0.25) is 0 Å². The summed E-state index contributed by atoms with van der Waals surface area (Å²) < 4.78 is 0. The van der Waals surface area contributed by atoms with Crippen LogP contribution in [0.3, 0.4) is 0 Å². The molecule has 19 heavy (non-hydrogen) atoms. The fraction of sp³-hybridized carbons (Fsp3) is 0.0714. The van der Waals surface area contributed by atoms with Crippen molar-refractivity contribution in [3.8, 4) is 0 Å². The summed E-state index contributed by atoms with van der Waals surface area (Å²) in [6.45, 7) is 1.78. The summed E-state index contributed by atoms with van der Waals surface area (Å²) in [5, 5.41) is 11.6. The minimum Gasteiger partial charge on any atom is -0.478 e. The van der Waals surface area contributed by atoms with Gasteiger partial charge in [-0.05, 0) is 31.2 Å². The van der Waals surface area contributed by atoms with Gasteiger partial charge in [-0.3, -0.25) is 9.78 Å². The number of hydrogen-bond donors (Lipinski definition) is 2. The molecule has 0 fully saturated rings. The molecule has 0 radical (unpaired) electrons. The molecule has 5 nitrogen and oxygen atoms in total. The van der Waals surface area contributed by atoms with Gasteiger partial charge in [-0.1, -0.05) is 12.1 Å². The molecule has 1 aromatic heterocycles. The molecule has 0 aliphatic carbocycles. The molecule has 96 valence electrons. The number of anilines is 1. The first kappa shape index (κ1) is 12.8. The Kier molecular flexibility index (Phi) is 3.56. The molecule has 0 saturated carbocycles. The van der Waals surface area contributed by atoms with E-state index in [9.17, 15) is 9.59 Å². The second kappa shape index (κ2) is 5.30. The number of para-hydroxylation sites is 1. The lowest BCUT2D eigenvalue weighted by Crippen LogP contribution is -2.15. The summed E-state index contributed by atoms with van der Waals surface area (Å²) in [6, 6.07) is 9.48. The summed E-state index contributed by atoms with van der Waals surface area (Å²) in [6.07, 6.45) is 1.54. The number of carboxylic acids is 1. The van der Waals surface area contributed by atoms with E-state index in [1.807, 2.05) is 0 Å². The van der Waals surface area contributed by atoms with E-state index in [0.717, 1.165) is 5.69 Å². The van der Waals surface area contributed by atoms with Crippen LogP contribution >= 0.6 is 0 Å². The van der Waals surface area contributed by atoms with E-state index in [1.54, 1.807) is 37.3 Å². The predicted molar refractivity (Wildman–Crippen MR) is 70.3 cm³/mol. The van der Waals surface area contributed by atoms with Crippen LogP contribution in [0.5, 0.6) is 0 Å². The smallest absolute Gasteiger partial charge is 0.337 e. The highest BCUT2D eigenvalue weighted by molar-refractivity contribution is 6.07. The number of rotatable bonds is 3. The number of nitrogens with one attached hydrogen (secondary N) is 1. The quantitative estimate of drug-likeness (QED) is 0.883. The molecule has 0 bridgehead atoms. The number of carbonyl (C=O) groups is 2. The van der Waals surface area contributed by atoms with Crippen LogP contribution in [-0.4, -0.2) is 22.0 Å². The van der Waals surface area contributed by atoms with Crippen molar-refractivity contribution in [2.45, 2.75) is 6.92 Å². The molecule has 0 aliphatic rings. The fourth-order valence-electron chi connectivity index (χ4n) is 1.66. The molecular weight excluding hydrogens is 244 g/mol. The Morgan fingerprint density at radius 3 is 2.63 bits per heavy atom. The van der Waals surface area contributed by atoms with Gasteiger partial charge in [0.25, 0.3) is 5.91 Å². The first-order valence-electron chi connectivity index (χ1n) is 5.64. The standard InChI is InChI=1S/C14H12N2O3/c1-9-8-10(6-7-15-9)13(17)16-12-5-3-2-4-11(12)14(18)19/h2-8H,1H3,(H,16,17)(H,18,19). The van der Waals surface area contributed by atoms with Gasteiger partial charge in [0.15, 0.2) is 0 Å². The second-order valence-corrected chi connectivity index (χ2v) is 3.99. The largest absolute Gasteiger partial charge is 0.478 e. The van der Waals surface area contributed by atoms with E-state index < -0.39 is 5.97 Å². The number of carboxylic acid groups (broad SMARTS) is 1. The third-order valence-electron chi connectivity index (χ3n) is 2.56. The number of nitrogens with zero attached hydrogens (tertiary/aromatic N) is 1. The average molecular weight is 256 g/mol. The van der Waals surface area contributed by atoms with E-state index in [1.165, 1.54) is 12.3 Å². The summed E-state index contributed by atoms with van der Waals surface area (Å²) >= 11 is 0. The number of aromatic carboxylic acids is 1. The van der Waals surface area contributed by atoms with E-state index in [-0.39, 0.29) is 17.2 Å². The van der Waals surface area contributed by atoms with Gasteiger partial charge in [0, 0.05) is 17.5 Å². The number of pyridine rings is 1. The van der Waals surface area contributed by atoms with E-state index in [2.05, 4.69) is 10.3 Å². The topological polar surface area (TPSA) is 79.3 Å². The molecule has 1 amide bonds. The number of carbonyl (C=O) groups excluding carboxylic acids is 1. The van der Waals surface area contributed by atoms with Crippen LogP contribution in [-0.2, 0) is 0 Å². The maximum atomic E-state index is 12.0. The number of aromatic nitrogens is 1. The van der Waals surface area contributed by atoms with Gasteiger partial charge in [-0.2, -0.15) is 0 Å². The third kappa shape index (κ3) is 2.95. The minimum atomic E-state index is -1.08. The highest BCUT2D eigenvalue weighted by Crippen LogP contribution is 2.16. The van der Waals surface area contributed by atoms with Crippen LogP contribution in [0.4, 0.5) is 5.69 Å². The maximum absolute atomic E-state index is 12.0. The molecular formula is C14H12N2O3. The Morgan fingerprint density at radius 1 is 1.21 bits per heavy atom. The van der Waals surface area contributed by atoms with Gasteiger partial charge in [0.2, 0.25) is 0 Å². The van der Waals surface area contributed by atoms with Crippen molar-refractivity contribution in [2.24, 2.45) is 0 Å². The van der Waals surface area contributed by atoms with Gasteiger partial charge in [-0.25, -0.2) is 4.79 Å². The molecule has 1 aromatic carbocycles. The summed E-state index contributed by atoms with van der Waals surface area (Å²) in [5.74, 6) is -1.44. The van der Waals surface area contributed by atoms with Gasteiger partial charge >= 0.3 is 5.97 Å². The van der Waals surface area contributed by atoms with E-state index >= 15 is 0 Å². The first-order chi connectivity index (χ1) is 9.08. The predicted octanol–water partition coefficient (Wildman–Crippen LogP) is 2.34. The fourth-order valence-corrected chi connectivity index (χ4v) is 1.66. The molecule has 2 aromatic rings. The van der Waals surface area contributed by atoms with Gasteiger partial charge in [0.1, 0.15) is 0 Å². The molecule has 0 saturated heterocycles. The SMILES string of the molecule is Cc1cc(C(=O)Nc2ccccc2C(=O)O)ccn1. The van der Waals surface area contributed by atoms with E-state index in [0.29, 0.717) is 5.56 Å². The number of benzene rings is 1. The number of amides is 1. The first-order valence-corrected chi connectivity index (χ1v) is 5.64. The molecule has 0 unspecified atom stereocenters. The van der Waals surface area contributed by atoms with Crippen LogP contribution in [0.15, 0.2) is 42.6 Å². The monoisotopic (exact) mass is 256 g/mol. The Morgan fingerprint density at radius 2 is 1.95 bits per heavy atom. The molecule has 0 atom stereocenters. The maximum Gasteiger partial charge on any atom is 0.337 e. The van der Waals surface area contributed by atoms with Crippen LogP contribution in [0.25, 0.3) is 0 Å². The van der Waals surface area contributed by atoms with Crippen LogP contribution < -0.4 is 5.32 Å². The van der Waals surface area contributed by atoms with Gasteiger partial charge in [-0.15, -0.1) is 0 Å². The van der Waals surface area contributed by atoms with Crippen molar-refractivity contribution in [2.75, 3.05) is 5.32 Å².